The van der Waals surface area contributed by atoms with E-state index in [0.29, 0.717) is 12.0 Å². The first kappa shape index (κ1) is 9.97. The number of carbonyl (C=O) groups excluding carboxylic acids is 1. The number of hydrogen-bond acceptors (Lipinski definition) is 2. The molecule has 2 saturated carbocycles. The summed E-state index contributed by atoms with van der Waals surface area (Å²) in [4.78, 5) is 11.6. The summed E-state index contributed by atoms with van der Waals surface area (Å²) in [5, 5.41) is 3.49. The van der Waals surface area contributed by atoms with Crippen LogP contribution in [0.25, 0.3) is 0 Å². The van der Waals surface area contributed by atoms with Gasteiger partial charge in [-0.3, -0.25) is 4.79 Å². The lowest BCUT2D eigenvalue weighted by atomic mass is 9.84. The second-order valence-electron chi connectivity index (χ2n) is 4.75. The van der Waals surface area contributed by atoms with Crippen LogP contribution in [-0.2, 0) is 4.79 Å². The Morgan fingerprint density at radius 2 is 2.21 bits per heavy atom. The Labute approximate surface area is 85.4 Å². The van der Waals surface area contributed by atoms with Crippen LogP contribution < -0.4 is 11.1 Å². The Morgan fingerprint density at radius 3 is 2.71 bits per heavy atom. The van der Waals surface area contributed by atoms with E-state index < -0.39 is 0 Å². The highest BCUT2D eigenvalue weighted by Crippen LogP contribution is 2.40. The monoisotopic (exact) mass is 196 g/mol. The molecule has 14 heavy (non-hydrogen) atoms. The van der Waals surface area contributed by atoms with Crippen LogP contribution >= 0.6 is 0 Å². The van der Waals surface area contributed by atoms with Crippen LogP contribution in [0.2, 0.25) is 0 Å². The lowest BCUT2D eigenvalue weighted by Gasteiger charge is -2.33. The van der Waals surface area contributed by atoms with Crippen LogP contribution in [0.3, 0.4) is 0 Å². The second kappa shape index (κ2) is 3.54. The molecule has 2 atom stereocenters. The first-order valence-corrected chi connectivity index (χ1v) is 5.76. The number of amides is 1. The molecule has 3 nitrogen and oxygen atoms in total. The molecule has 80 valence electrons. The molecule has 0 spiro atoms. The summed E-state index contributed by atoms with van der Waals surface area (Å²) in [7, 11) is 0. The van der Waals surface area contributed by atoms with Crippen LogP contribution in [0, 0.1) is 5.92 Å². The minimum Gasteiger partial charge on any atom is -0.368 e. The second-order valence-corrected chi connectivity index (χ2v) is 4.75. The van der Waals surface area contributed by atoms with Crippen molar-refractivity contribution in [3.05, 3.63) is 0 Å². The highest BCUT2D eigenvalue weighted by molar-refractivity contribution is 5.85. The molecule has 0 aromatic rings. The molecule has 0 aromatic heterocycles. The maximum atomic E-state index is 11.6. The van der Waals surface area contributed by atoms with Crippen LogP contribution in [0.15, 0.2) is 0 Å². The average molecular weight is 196 g/mol. The van der Waals surface area contributed by atoms with Gasteiger partial charge in [-0.05, 0) is 31.6 Å². The van der Waals surface area contributed by atoms with Crippen LogP contribution in [0.4, 0.5) is 0 Å². The molecule has 0 saturated heterocycles. The molecule has 1 amide bonds. The molecule has 0 bridgehead atoms. The smallest absolute Gasteiger partial charge is 0.238 e. The Kier molecular flexibility index (Phi) is 2.52. The van der Waals surface area contributed by atoms with Crippen molar-refractivity contribution in [1.82, 2.24) is 5.32 Å². The van der Waals surface area contributed by atoms with E-state index in [2.05, 4.69) is 12.2 Å². The molecule has 2 fully saturated rings. The van der Waals surface area contributed by atoms with Gasteiger partial charge in [-0.25, -0.2) is 0 Å². The predicted molar refractivity (Wildman–Crippen MR) is 55.7 cm³/mol. The molecule has 2 aliphatic rings. The molecule has 0 heterocycles. The van der Waals surface area contributed by atoms with Crippen LogP contribution in [-0.4, -0.2) is 17.5 Å². The number of nitrogens with two attached hydrogens (primary N) is 1. The molecule has 3 N–H and O–H groups in total. The molecule has 0 aliphatic heterocycles. The predicted octanol–water partition coefficient (Wildman–Crippen LogP) is 1.17. The largest absolute Gasteiger partial charge is 0.368 e. The topological polar surface area (TPSA) is 55.1 Å². The average Bonchev–Trinajstić information content (AvgIpc) is 2.83. The number of nitrogens with one attached hydrogen (secondary N) is 1. The molecule has 2 aliphatic carbocycles. The maximum absolute atomic E-state index is 11.6. The summed E-state index contributed by atoms with van der Waals surface area (Å²) in [6, 6.07) is 0.564. The molecule has 2 unspecified atom stereocenters. The standard InChI is InChI=1S/C11H20N2O/c1-2-8-4-3-7-11(8,10(12)14)13-9-5-6-9/h8-9,13H,2-7H2,1H3,(H2,12,14). The Morgan fingerprint density at radius 1 is 1.50 bits per heavy atom. The minimum atomic E-state index is -0.365. The number of carbonyl (C=O) groups is 1. The first-order valence-electron chi connectivity index (χ1n) is 5.76. The van der Waals surface area contributed by atoms with Crippen molar-refractivity contribution < 1.29 is 4.79 Å². The van der Waals surface area contributed by atoms with Gasteiger partial charge in [0, 0.05) is 6.04 Å². The zero-order chi connectivity index (χ0) is 10.2. The Bertz CT molecular complexity index is 237. The van der Waals surface area contributed by atoms with Crippen LogP contribution in [0.5, 0.6) is 0 Å². The molecule has 0 aromatic carbocycles. The summed E-state index contributed by atoms with van der Waals surface area (Å²) in [6.45, 7) is 2.16. The van der Waals surface area contributed by atoms with Gasteiger partial charge in [0.15, 0.2) is 0 Å². The zero-order valence-electron chi connectivity index (χ0n) is 8.88. The van der Waals surface area contributed by atoms with Gasteiger partial charge in [-0.2, -0.15) is 0 Å². The highest BCUT2D eigenvalue weighted by Gasteiger charge is 2.49. The van der Waals surface area contributed by atoms with E-state index in [0.717, 1.165) is 25.7 Å². The zero-order valence-corrected chi connectivity index (χ0v) is 8.88. The lowest BCUT2D eigenvalue weighted by molar-refractivity contribution is -0.126. The van der Waals surface area contributed by atoms with Crippen molar-refractivity contribution in [2.24, 2.45) is 11.7 Å². The van der Waals surface area contributed by atoms with E-state index in [9.17, 15) is 4.79 Å². The summed E-state index contributed by atoms with van der Waals surface area (Å²) in [6.07, 6.45) is 6.72. The van der Waals surface area contributed by atoms with Gasteiger partial charge in [-0.15, -0.1) is 0 Å². The van der Waals surface area contributed by atoms with E-state index in [4.69, 9.17) is 5.73 Å². The summed E-state index contributed by atoms with van der Waals surface area (Å²) in [5.74, 6) is 0.328. The molecular formula is C11H20N2O. The third-order valence-corrected chi connectivity index (χ3v) is 3.79. The van der Waals surface area contributed by atoms with Gasteiger partial charge in [0.05, 0.1) is 0 Å². The van der Waals surface area contributed by atoms with Gasteiger partial charge < -0.3 is 11.1 Å². The van der Waals surface area contributed by atoms with E-state index in [1.807, 2.05) is 0 Å². The van der Waals surface area contributed by atoms with Gasteiger partial charge in [0.1, 0.15) is 5.54 Å². The van der Waals surface area contributed by atoms with Crippen molar-refractivity contribution >= 4 is 5.91 Å². The fourth-order valence-corrected chi connectivity index (χ4v) is 2.81. The highest BCUT2D eigenvalue weighted by atomic mass is 16.1. The van der Waals surface area contributed by atoms with Crippen molar-refractivity contribution in [2.75, 3.05) is 0 Å². The van der Waals surface area contributed by atoms with E-state index in [1.165, 1.54) is 12.8 Å². The van der Waals surface area contributed by atoms with Crippen molar-refractivity contribution in [2.45, 2.75) is 57.0 Å². The van der Waals surface area contributed by atoms with Crippen molar-refractivity contribution in [3.8, 4) is 0 Å². The quantitative estimate of drug-likeness (QED) is 0.709. The normalized spacial score (nSPS) is 37.4. The maximum Gasteiger partial charge on any atom is 0.238 e. The third-order valence-electron chi connectivity index (χ3n) is 3.79. The SMILES string of the molecule is CCC1CCCC1(NC1CC1)C(N)=O. The Balaban J connectivity index is 2.14. The van der Waals surface area contributed by atoms with Crippen molar-refractivity contribution in [1.29, 1.82) is 0 Å². The molecule has 3 heteroatoms. The van der Waals surface area contributed by atoms with Gasteiger partial charge >= 0.3 is 0 Å². The molecular weight excluding hydrogens is 176 g/mol. The van der Waals surface area contributed by atoms with E-state index in [-0.39, 0.29) is 11.4 Å². The lowest BCUT2D eigenvalue weighted by Crippen LogP contribution is -2.58. The summed E-state index contributed by atoms with van der Waals surface area (Å²) < 4.78 is 0. The van der Waals surface area contributed by atoms with Gasteiger partial charge in [0.2, 0.25) is 5.91 Å². The van der Waals surface area contributed by atoms with E-state index in [1.54, 1.807) is 0 Å². The van der Waals surface area contributed by atoms with Crippen molar-refractivity contribution in [3.63, 3.8) is 0 Å². The Hall–Kier alpha value is -0.570. The molecule has 0 radical (unpaired) electrons. The number of rotatable bonds is 4. The summed E-state index contributed by atoms with van der Waals surface area (Å²) in [5.41, 5.74) is 5.21. The fourth-order valence-electron chi connectivity index (χ4n) is 2.81. The number of primary amides is 1. The van der Waals surface area contributed by atoms with Crippen LogP contribution in [0.1, 0.15) is 45.4 Å². The molecule has 2 rings (SSSR count). The fraction of sp³-hybridized carbons (Fsp3) is 0.909. The summed E-state index contributed by atoms with van der Waals surface area (Å²) >= 11 is 0. The third kappa shape index (κ3) is 1.54. The van der Waals surface area contributed by atoms with E-state index >= 15 is 0 Å². The number of hydrogen-bond donors (Lipinski definition) is 2. The van der Waals surface area contributed by atoms with Gasteiger partial charge in [-0.1, -0.05) is 19.8 Å². The minimum absolute atomic E-state index is 0.131. The first-order chi connectivity index (χ1) is 6.69. The van der Waals surface area contributed by atoms with Gasteiger partial charge in [0.25, 0.3) is 0 Å².